The lowest BCUT2D eigenvalue weighted by Crippen LogP contribution is -2.50. The molecule has 1 fully saturated rings. The minimum absolute atomic E-state index is 0.0404. The predicted octanol–water partition coefficient (Wildman–Crippen LogP) is 1.65. The van der Waals surface area contributed by atoms with Crippen LogP contribution in [-0.4, -0.2) is 57.6 Å². The molecule has 25 heavy (non-hydrogen) atoms. The lowest BCUT2D eigenvalue weighted by molar-refractivity contribution is -0.132. The molecule has 0 aliphatic carbocycles. The van der Waals surface area contributed by atoms with Crippen LogP contribution in [0.2, 0.25) is 0 Å². The van der Waals surface area contributed by atoms with Gasteiger partial charge in [0.15, 0.2) is 0 Å². The van der Waals surface area contributed by atoms with Crippen molar-refractivity contribution in [3.63, 3.8) is 0 Å². The van der Waals surface area contributed by atoms with E-state index in [1.54, 1.807) is 0 Å². The van der Waals surface area contributed by atoms with Crippen molar-refractivity contribution in [1.82, 2.24) is 19.6 Å². The van der Waals surface area contributed by atoms with Gasteiger partial charge in [0, 0.05) is 50.9 Å². The number of carbonyl (C=O) groups excluding carboxylic acids is 2. The first-order chi connectivity index (χ1) is 12.1. The number of nitrogens with zero attached hydrogens (tertiary/aromatic N) is 4. The average molecular weight is 340 g/mol. The molecule has 0 N–H and O–H groups in total. The Labute approximate surface area is 148 Å². The van der Waals surface area contributed by atoms with Gasteiger partial charge in [-0.25, -0.2) is 0 Å². The second-order valence-electron chi connectivity index (χ2n) is 6.42. The molecule has 6 nitrogen and oxygen atoms in total. The third kappa shape index (κ3) is 3.90. The summed E-state index contributed by atoms with van der Waals surface area (Å²) in [5, 5.41) is 4.21. The summed E-state index contributed by atoms with van der Waals surface area (Å²) in [4.78, 5) is 28.6. The molecule has 2 heterocycles. The Morgan fingerprint density at radius 2 is 1.68 bits per heavy atom. The van der Waals surface area contributed by atoms with Crippen LogP contribution < -0.4 is 0 Å². The highest BCUT2D eigenvalue weighted by atomic mass is 16.2. The standard InChI is InChI=1S/C19H24N4O2/c1-15-17(14-20-21(15)2)8-9-18(24)22-10-12-23(13-11-22)19(25)16-6-4-3-5-7-16/h3-7,14H,8-13H2,1-2H3. The first kappa shape index (κ1) is 17.2. The van der Waals surface area contributed by atoms with E-state index in [1.165, 1.54) is 0 Å². The number of hydrogen-bond donors (Lipinski definition) is 0. The van der Waals surface area contributed by atoms with Gasteiger partial charge in [-0.1, -0.05) is 18.2 Å². The van der Waals surface area contributed by atoms with Crippen LogP contribution >= 0.6 is 0 Å². The molecule has 1 aromatic heterocycles. The van der Waals surface area contributed by atoms with Crippen molar-refractivity contribution < 1.29 is 9.59 Å². The molecule has 0 saturated carbocycles. The van der Waals surface area contributed by atoms with Gasteiger partial charge in [0.25, 0.3) is 5.91 Å². The van der Waals surface area contributed by atoms with Crippen molar-refractivity contribution in [1.29, 1.82) is 0 Å². The summed E-state index contributed by atoms with van der Waals surface area (Å²) in [5.74, 6) is 0.189. The van der Waals surface area contributed by atoms with E-state index < -0.39 is 0 Å². The summed E-state index contributed by atoms with van der Waals surface area (Å²) < 4.78 is 1.83. The molecule has 0 atom stereocenters. The number of aromatic nitrogens is 2. The van der Waals surface area contributed by atoms with Crippen LogP contribution in [0.4, 0.5) is 0 Å². The van der Waals surface area contributed by atoms with Crippen LogP contribution in [-0.2, 0) is 18.3 Å². The average Bonchev–Trinajstić information content (AvgIpc) is 2.98. The van der Waals surface area contributed by atoms with E-state index in [-0.39, 0.29) is 11.8 Å². The van der Waals surface area contributed by atoms with Gasteiger partial charge in [0.05, 0.1) is 6.20 Å². The highest BCUT2D eigenvalue weighted by Gasteiger charge is 2.24. The van der Waals surface area contributed by atoms with Crippen LogP contribution in [0.1, 0.15) is 28.0 Å². The molecule has 2 amide bonds. The monoisotopic (exact) mass is 340 g/mol. The molecule has 0 unspecified atom stereocenters. The fraction of sp³-hybridized carbons (Fsp3) is 0.421. The van der Waals surface area contributed by atoms with E-state index in [0.29, 0.717) is 44.6 Å². The van der Waals surface area contributed by atoms with Crippen molar-refractivity contribution in [2.45, 2.75) is 19.8 Å². The van der Waals surface area contributed by atoms with Gasteiger partial charge in [-0.05, 0) is 31.0 Å². The van der Waals surface area contributed by atoms with Crippen LogP contribution in [0.15, 0.2) is 36.5 Å². The molecular weight excluding hydrogens is 316 g/mol. The normalized spacial score (nSPS) is 14.6. The van der Waals surface area contributed by atoms with Crippen molar-refractivity contribution >= 4 is 11.8 Å². The van der Waals surface area contributed by atoms with Gasteiger partial charge in [-0.15, -0.1) is 0 Å². The van der Waals surface area contributed by atoms with E-state index >= 15 is 0 Å². The number of piperazine rings is 1. The summed E-state index contributed by atoms with van der Waals surface area (Å²) in [6.07, 6.45) is 3.03. The predicted molar refractivity (Wildman–Crippen MR) is 95.2 cm³/mol. The number of aryl methyl sites for hydroxylation is 2. The van der Waals surface area contributed by atoms with E-state index in [4.69, 9.17) is 0 Å². The molecule has 132 valence electrons. The van der Waals surface area contributed by atoms with Gasteiger partial charge < -0.3 is 9.80 Å². The molecule has 6 heteroatoms. The lowest BCUT2D eigenvalue weighted by Gasteiger charge is -2.35. The summed E-state index contributed by atoms with van der Waals surface area (Å²) >= 11 is 0. The van der Waals surface area contributed by atoms with Crippen LogP contribution in [0.3, 0.4) is 0 Å². The quantitative estimate of drug-likeness (QED) is 0.850. The minimum atomic E-state index is 0.0404. The van der Waals surface area contributed by atoms with Gasteiger partial charge in [-0.3, -0.25) is 14.3 Å². The van der Waals surface area contributed by atoms with Gasteiger partial charge >= 0.3 is 0 Å². The summed E-state index contributed by atoms with van der Waals surface area (Å²) in [7, 11) is 1.91. The number of benzene rings is 1. The third-order valence-electron chi connectivity index (χ3n) is 4.89. The smallest absolute Gasteiger partial charge is 0.253 e. The number of hydrogen-bond acceptors (Lipinski definition) is 3. The third-order valence-corrected chi connectivity index (χ3v) is 4.89. The molecule has 1 aromatic carbocycles. The van der Waals surface area contributed by atoms with Crippen molar-refractivity contribution in [3.8, 4) is 0 Å². The molecular formula is C19H24N4O2. The molecule has 0 spiro atoms. The molecule has 0 bridgehead atoms. The zero-order chi connectivity index (χ0) is 17.8. The molecule has 0 radical (unpaired) electrons. The molecule has 3 rings (SSSR count). The van der Waals surface area contributed by atoms with Crippen molar-refractivity contribution in [2.75, 3.05) is 26.2 Å². The highest BCUT2D eigenvalue weighted by Crippen LogP contribution is 2.12. The Kier molecular flexibility index (Phi) is 5.16. The van der Waals surface area contributed by atoms with E-state index in [0.717, 1.165) is 11.3 Å². The Morgan fingerprint density at radius 3 is 2.28 bits per heavy atom. The fourth-order valence-corrected chi connectivity index (χ4v) is 3.11. The van der Waals surface area contributed by atoms with Crippen LogP contribution in [0, 0.1) is 6.92 Å². The molecule has 2 aromatic rings. The molecule has 1 aliphatic heterocycles. The maximum atomic E-state index is 12.4. The maximum Gasteiger partial charge on any atom is 0.253 e. The van der Waals surface area contributed by atoms with Crippen LogP contribution in [0.5, 0.6) is 0 Å². The highest BCUT2D eigenvalue weighted by molar-refractivity contribution is 5.94. The number of carbonyl (C=O) groups is 2. The van der Waals surface area contributed by atoms with Crippen molar-refractivity contribution in [2.24, 2.45) is 7.05 Å². The second kappa shape index (κ2) is 7.51. The van der Waals surface area contributed by atoms with Crippen molar-refractivity contribution in [3.05, 3.63) is 53.3 Å². The van der Waals surface area contributed by atoms with Gasteiger partial charge in [0.1, 0.15) is 0 Å². The first-order valence-electron chi connectivity index (χ1n) is 8.66. The van der Waals surface area contributed by atoms with Crippen LogP contribution in [0.25, 0.3) is 0 Å². The molecule has 1 aliphatic rings. The first-order valence-corrected chi connectivity index (χ1v) is 8.66. The summed E-state index contributed by atoms with van der Waals surface area (Å²) in [5.41, 5.74) is 2.93. The Bertz CT molecular complexity index is 746. The number of rotatable bonds is 4. The lowest BCUT2D eigenvalue weighted by atomic mass is 10.1. The zero-order valence-electron chi connectivity index (χ0n) is 14.8. The fourth-order valence-electron chi connectivity index (χ4n) is 3.11. The van der Waals surface area contributed by atoms with E-state index in [2.05, 4.69) is 5.10 Å². The Hall–Kier alpha value is -2.63. The van der Waals surface area contributed by atoms with Gasteiger partial charge in [-0.2, -0.15) is 5.10 Å². The molecule has 1 saturated heterocycles. The Balaban J connectivity index is 1.49. The van der Waals surface area contributed by atoms with E-state index in [1.807, 2.05) is 65.0 Å². The van der Waals surface area contributed by atoms with E-state index in [9.17, 15) is 9.59 Å². The Morgan fingerprint density at radius 1 is 1.04 bits per heavy atom. The largest absolute Gasteiger partial charge is 0.339 e. The number of amides is 2. The summed E-state index contributed by atoms with van der Waals surface area (Å²) in [6.45, 7) is 4.39. The minimum Gasteiger partial charge on any atom is -0.339 e. The maximum absolute atomic E-state index is 12.4. The SMILES string of the molecule is Cc1c(CCC(=O)N2CCN(C(=O)c3ccccc3)CC2)cnn1C. The zero-order valence-corrected chi connectivity index (χ0v) is 14.8. The second-order valence-corrected chi connectivity index (χ2v) is 6.42. The summed E-state index contributed by atoms with van der Waals surface area (Å²) in [6, 6.07) is 9.30. The van der Waals surface area contributed by atoms with Gasteiger partial charge in [0.2, 0.25) is 5.91 Å². The topological polar surface area (TPSA) is 58.4 Å².